The van der Waals surface area contributed by atoms with Crippen molar-refractivity contribution >= 4 is 5.91 Å². The van der Waals surface area contributed by atoms with Gasteiger partial charge in [0.05, 0.1) is 12.1 Å². The van der Waals surface area contributed by atoms with Crippen LogP contribution in [0, 0.1) is 5.92 Å². The SMILES string of the molecule is CCCN1CCC(C(=O)NC(C)C(O)Cc2ccccc2)CC1. The van der Waals surface area contributed by atoms with Gasteiger partial charge in [0, 0.05) is 12.3 Å². The minimum atomic E-state index is -0.554. The lowest BCUT2D eigenvalue weighted by atomic mass is 9.95. The van der Waals surface area contributed by atoms with Crippen LogP contribution in [0.5, 0.6) is 0 Å². The normalized spacial score (nSPS) is 19.3. The van der Waals surface area contributed by atoms with Crippen molar-refractivity contribution in [3.8, 4) is 0 Å². The largest absolute Gasteiger partial charge is 0.391 e. The molecule has 23 heavy (non-hydrogen) atoms. The number of benzene rings is 1. The van der Waals surface area contributed by atoms with Gasteiger partial charge in [-0.25, -0.2) is 0 Å². The average Bonchev–Trinajstić information content (AvgIpc) is 2.56. The van der Waals surface area contributed by atoms with E-state index in [4.69, 9.17) is 0 Å². The number of piperidine rings is 1. The van der Waals surface area contributed by atoms with Crippen LogP contribution in [0.1, 0.15) is 38.7 Å². The molecule has 4 heteroatoms. The molecule has 4 nitrogen and oxygen atoms in total. The molecule has 0 radical (unpaired) electrons. The van der Waals surface area contributed by atoms with E-state index in [-0.39, 0.29) is 17.9 Å². The summed E-state index contributed by atoms with van der Waals surface area (Å²) in [6.45, 7) is 7.21. The lowest BCUT2D eigenvalue weighted by molar-refractivity contribution is -0.127. The molecule has 1 aromatic carbocycles. The molecule has 2 unspecified atom stereocenters. The van der Waals surface area contributed by atoms with Crippen LogP contribution in [0.15, 0.2) is 30.3 Å². The molecule has 1 saturated heterocycles. The third-order valence-electron chi connectivity index (χ3n) is 4.73. The fourth-order valence-corrected chi connectivity index (χ4v) is 3.21. The summed E-state index contributed by atoms with van der Waals surface area (Å²) in [5.41, 5.74) is 1.09. The first kappa shape index (κ1) is 18.0. The van der Waals surface area contributed by atoms with Crippen molar-refractivity contribution in [1.82, 2.24) is 10.2 Å². The highest BCUT2D eigenvalue weighted by Gasteiger charge is 2.26. The summed E-state index contributed by atoms with van der Waals surface area (Å²) in [4.78, 5) is 14.8. The van der Waals surface area contributed by atoms with Crippen molar-refractivity contribution in [2.24, 2.45) is 5.92 Å². The lowest BCUT2D eigenvalue weighted by Gasteiger charge is -2.32. The van der Waals surface area contributed by atoms with Gasteiger partial charge in [-0.05, 0) is 51.4 Å². The third-order valence-corrected chi connectivity index (χ3v) is 4.73. The van der Waals surface area contributed by atoms with Crippen LogP contribution in [0.4, 0.5) is 0 Å². The van der Waals surface area contributed by atoms with E-state index in [1.54, 1.807) is 0 Å². The summed E-state index contributed by atoms with van der Waals surface area (Å²) in [5.74, 6) is 0.190. The highest BCUT2D eigenvalue weighted by atomic mass is 16.3. The molecule has 1 fully saturated rings. The molecule has 1 amide bonds. The number of aliphatic hydroxyl groups is 1. The van der Waals surface area contributed by atoms with Crippen molar-refractivity contribution in [1.29, 1.82) is 0 Å². The number of carbonyl (C=O) groups excluding carboxylic acids is 1. The zero-order valence-electron chi connectivity index (χ0n) is 14.4. The second-order valence-corrected chi connectivity index (χ2v) is 6.67. The van der Waals surface area contributed by atoms with Crippen LogP contribution in [0.3, 0.4) is 0 Å². The number of hydrogen-bond acceptors (Lipinski definition) is 3. The smallest absolute Gasteiger partial charge is 0.223 e. The maximum absolute atomic E-state index is 12.4. The molecule has 128 valence electrons. The molecule has 1 heterocycles. The maximum Gasteiger partial charge on any atom is 0.223 e. The van der Waals surface area contributed by atoms with Gasteiger partial charge in [-0.1, -0.05) is 37.3 Å². The van der Waals surface area contributed by atoms with Gasteiger partial charge in [0.1, 0.15) is 0 Å². The van der Waals surface area contributed by atoms with Crippen LogP contribution in [0.2, 0.25) is 0 Å². The van der Waals surface area contributed by atoms with Crippen LogP contribution in [-0.2, 0) is 11.2 Å². The number of hydrogen-bond donors (Lipinski definition) is 2. The van der Waals surface area contributed by atoms with E-state index in [1.807, 2.05) is 37.3 Å². The average molecular weight is 318 g/mol. The zero-order chi connectivity index (χ0) is 16.7. The molecule has 1 aromatic rings. The zero-order valence-corrected chi connectivity index (χ0v) is 14.4. The number of likely N-dealkylation sites (tertiary alicyclic amines) is 1. The van der Waals surface area contributed by atoms with Gasteiger partial charge in [-0.15, -0.1) is 0 Å². The third kappa shape index (κ3) is 5.63. The van der Waals surface area contributed by atoms with E-state index < -0.39 is 6.10 Å². The number of amides is 1. The van der Waals surface area contributed by atoms with Crippen molar-refractivity contribution < 1.29 is 9.90 Å². The molecule has 2 atom stereocenters. The van der Waals surface area contributed by atoms with Crippen LogP contribution in [0.25, 0.3) is 0 Å². The van der Waals surface area contributed by atoms with Gasteiger partial charge in [0.25, 0.3) is 0 Å². The van der Waals surface area contributed by atoms with E-state index in [0.717, 1.165) is 38.0 Å². The highest BCUT2D eigenvalue weighted by Crippen LogP contribution is 2.18. The predicted molar refractivity (Wildman–Crippen MR) is 93.2 cm³/mol. The molecule has 0 aromatic heterocycles. The Bertz CT molecular complexity index is 470. The summed E-state index contributed by atoms with van der Waals surface area (Å²) in [6, 6.07) is 9.68. The minimum Gasteiger partial charge on any atom is -0.391 e. The lowest BCUT2D eigenvalue weighted by Crippen LogP contribution is -2.47. The van der Waals surface area contributed by atoms with Crippen molar-refractivity contribution in [3.05, 3.63) is 35.9 Å². The van der Waals surface area contributed by atoms with E-state index >= 15 is 0 Å². The Morgan fingerprint density at radius 3 is 2.57 bits per heavy atom. The van der Waals surface area contributed by atoms with Gasteiger partial charge < -0.3 is 15.3 Å². The van der Waals surface area contributed by atoms with Gasteiger partial charge in [-0.2, -0.15) is 0 Å². The molecule has 0 bridgehead atoms. The summed E-state index contributed by atoms with van der Waals surface area (Å²) in [6.07, 6.45) is 3.03. The molecule has 1 aliphatic heterocycles. The summed E-state index contributed by atoms with van der Waals surface area (Å²) in [5, 5.41) is 13.3. The van der Waals surface area contributed by atoms with Crippen LogP contribution in [-0.4, -0.2) is 47.7 Å². The van der Waals surface area contributed by atoms with E-state index in [0.29, 0.717) is 6.42 Å². The Morgan fingerprint density at radius 2 is 1.96 bits per heavy atom. The first-order valence-electron chi connectivity index (χ1n) is 8.85. The van der Waals surface area contributed by atoms with Gasteiger partial charge in [0.2, 0.25) is 5.91 Å². The first-order valence-corrected chi connectivity index (χ1v) is 8.85. The Balaban J connectivity index is 1.76. The Hall–Kier alpha value is -1.39. The molecule has 1 aliphatic rings. The molecular weight excluding hydrogens is 288 g/mol. The van der Waals surface area contributed by atoms with E-state index in [1.165, 1.54) is 6.42 Å². The number of nitrogens with zero attached hydrogens (tertiary/aromatic N) is 1. The van der Waals surface area contributed by atoms with Crippen molar-refractivity contribution in [2.75, 3.05) is 19.6 Å². The monoisotopic (exact) mass is 318 g/mol. The molecule has 2 N–H and O–H groups in total. The summed E-state index contributed by atoms with van der Waals surface area (Å²) in [7, 11) is 0. The van der Waals surface area contributed by atoms with E-state index in [9.17, 15) is 9.90 Å². The maximum atomic E-state index is 12.4. The quantitative estimate of drug-likeness (QED) is 0.810. The summed E-state index contributed by atoms with van der Waals surface area (Å²) < 4.78 is 0. The Labute approximate surface area is 139 Å². The van der Waals surface area contributed by atoms with Gasteiger partial charge in [0.15, 0.2) is 0 Å². The second kappa shape index (κ2) is 9.04. The van der Waals surface area contributed by atoms with Crippen molar-refractivity contribution in [3.63, 3.8) is 0 Å². The van der Waals surface area contributed by atoms with E-state index in [2.05, 4.69) is 17.1 Å². The minimum absolute atomic E-state index is 0.0921. The van der Waals surface area contributed by atoms with Crippen LogP contribution >= 0.6 is 0 Å². The van der Waals surface area contributed by atoms with Gasteiger partial charge >= 0.3 is 0 Å². The number of carbonyl (C=O) groups is 1. The molecule has 0 saturated carbocycles. The molecule has 0 spiro atoms. The topological polar surface area (TPSA) is 52.6 Å². The fraction of sp³-hybridized carbons (Fsp3) is 0.632. The standard InChI is InChI=1S/C19H30N2O2/c1-3-11-21-12-9-17(10-13-21)19(23)20-15(2)18(22)14-16-7-5-4-6-8-16/h4-8,15,17-18,22H,3,9-14H2,1-2H3,(H,20,23). The van der Waals surface area contributed by atoms with Crippen molar-refractivity contribution in [2.45, 2.75) is 51.7 Å². The number of rotatable bonds is 7. The van der Waals surface area contributed by atoms with Gasteiger partial charge in [-0.3, -0.25) is 4.79 Å². The number of aliphatic hydroxyl groups excluding tert-OH is 1. The number of nitrogens with one attached hydrogen (secondary N) is 1. The summed E-state index contributed by atoms with van der Waals surface area (Å²) >= 11 is 0. The highest BCUT2D eigenvalue weighted by molar-refractivity contribution is 5.79. The second-order valence-electron chi connectivity index (χ2n) is 6.67. The molecule has 0 aliphatic carbocycles. The molecule has 2 rings (SSSR count). The Kier molecular flexibility index (Phi) is 7.06. The first-order chi connectivity index (χ1) is 11.1. The predicted octanol–water partition coefficient (Wildman–Crippen LogP) is 2.22. The fourth-order valence-electron chi connectivity index (χ4n) is 3.21. The molecular formula is C19H30N2O2. The Morgan fingerprint density at radius 1 is 1.30 bits per heavy atom. The van der Waals surface area contributed by atoms with Crippen LogP contribution < -0.4 is 5.32 Å².